The zero-order chi connectivity index (χ0) is 13.1. The second-order valence-electron chi connectivity index (χ2n) is 4.13. The zero-order valence-corrected chi connectivity index (χ0v) is 11.5. The Kier molecular flexibility index (Phi) is 5.53. The second-order valence-corrected chi connectivity index (χ2v) is 4.53. The molecule has 0 saturated carbocycles. The number of hydrogen-bond donors (Lipinski definition) is 2. The number of para-hydroxylation sites is 1. The summed E-state index contributed by atoms with van der Waals surface area (Å²) in [6.07, 6.45) is 0. The molecule has 1 aliphatic rings. The fourth-order valence-electron chi connectivity index (χ4n) is 1.71. The maximum Gasteiger partial charge on any atom is 0.300 e. The third-order valence-electron chi connectivity index (χ3n) is 2.83. The SMILES string of the molecule is Cl.O=C(NCC1CNC1)c1cccc(Cl)c1[N+](=O)[O-]. The Hall–Kier alpha value is -1.37. The Morgan fingerprint density at radius 3 is 2.74 bits per heavy atom. The van der Waals surface area contributed by atoms with E-state index in [1.807, 2.05) is 0 Å². The van der Waals surface area contributed by atoms with E-state index < -0.39 is 10.8 Å². The maximum absolute atomic E-state index is 11.9. The molecule has 19 heavy (non-hydrogen) atoms. The van der Waals surface area contributed by atoms with Gasteiger partial charge in [0.25, 0.3) is 5.91 Å². The van der Waals surface area contributed by atoms with Crippen LogP contribution in [0.2, 0.25) is 5.02 Å². The lowest BCUT2D eigenvalue weighted by molar-refractivity contribution is -0.385. The highest BCUT2D eigenvalue weighted by molar-refractivity contribution is 6.33. The van der Waals surface area contributed by atoms with Crippen molar-refractivity contribution >= 4 is 35.6 Å². The van der Waals surface area contributed by atoms with E-state index in [9.17, 15) is 14.9 Å². The molecule has 0 aliphatic carbocycles. The number of amides is 1. The smallest absolute Gasteiger partial charge is 0.300 e. The van der Waals surface area contributed by atoms with Gasteiger partial charge in [-0.2, -0.15) is 0 Å². The molecule has 6 nitrogen and oxygen atoms in total. The lowest BCUT2D eigenvalue weighted by Crippen LogP contribution is -2.48. The number of benzene rings is 1. The number of nitro groups is 1. The quantitative estimate of drug-likeness (QED) is 0.654. The molecule has 1 aliphatic heterocycles. The molecule has 1 saturated heterocycles. The molecule has 0 bridgehead atoms. The van der Waals surface area contributed by atoms with Gasteiger partial charge in [0.05, 0.1) is 4.92 Å². The lowest BCUT2D eigenvalue weighted by Gasteiger charge is -2.27. The molecule has 8 heteroatoms. The molecule has 1 aromatic carbocycles. The third-order valence-corrected chi connectivity index (χ3v) is 3.14. The van der Waals surface area contributed by atoms with Crippen LogP contribution < -0.4 is 10.6 Å². The van der Waals surface area contributed by atoms with E-state index in [1.165, 1.54) is 18.2 Å². The summed E-state index contributed by atoms with van der Waals surface area (Å²) in [6, 6.07) is 4.32. The van der Waals surface area contributed by atoms with Crippen molar-refractivity contribution in [2.45, 2.75) is 0 Å². The summed E-state index contributed by atoms with van der Waals surface area (Å²) in [7, 11) is 0. The lowest BCUT2D eigenvalue weighted by atomic mass is 10.0. The minimum atomic E-state index is -0.637. The molecule has 0 unspecified atom stereocenters. The van der Waals surface area contributed by atoms with Crippen molar-refractivity contribution in [3.63, 3.8) is 0 Å². The summed E-state index contributed by atoms with van der Waals surface area (Å²) in [5.41, 5.74) is -0.344. The first kappa shape index (κ1) is 15.7. The largest absolute Gasteiger partial charge is 0.351 e. The first-order valence-corrected chi connectivity index (χ1v) is 5.89. The van der Waals surface area contributed by atoms with Gasteiger partial charge in [0.2, 0.25) is 0 Å². The third kappa shape index (κ3) is 3.56. The van der Waals surface area contributed by atoms with Crippen LogP contribution in [0.3, 0.4) is 0 Å². The highest BCUT2D eigenvalue weighted by atomic mass is 35.5. The van der Waals surface area contributed by atoms with Crippen molar-refractivity contribution in [3.05, 3.63) is 38.9 Å². The van der Waals surface area contributed by atoms with Crippen LogP contribution >= 0.6 is 24.0 Å². The van der Waals surface area contributed by atoms with Gasteiger partial charge in [-0.1, -0.05) is 17.7 Å². The van der Waals surface area contributed by atoms with Crippen LogP contribution in [0.5, 0.6) is 0 Å². The number of carbonyl (C=O) groups is 1. The first-order chi connectivity index (χ1) is 8.59. The Labute approximate surface area is 121 Å². The van der Waals surface area contributed by atoms with Gasteiger partial charge in [-0.25, -0.2) is 0 Å². The van der Waals surface area contributed by atoms with E-state index in [4.69, 9.17) is 11.6 Å². The fourth-order valence-corrected chi connectivity index (χ4v) is 1.95. The molecule has 1 aromatic rings. The van der Waals surface area contributed by atoms with Crippen LogP contribution in [0.15, 0.2) is 18.2 Å². The minimum absolute atomic E-state index is 0. The number of nitrogens with one attached hydrogen (secondary N) is 2. The molecule has 0 spiro atoms. The molecular weight excluding hydrogens is 293 g/mol. The maximum atomic E-state index is 11.9. The monoisotopic (exact) mass is 305 g/mol. The van der Waals surface area contributed by atoms with E-state index in [0.29, 0.717) is 12.5 Å². The zero-order valence-electron chi connectivity index (χ0n) is 9.89. The first-order valence-electron chi connectivity index (χ1n) is 5.51. The van der Waals surface area contributed by atoms with Crippen LogP contribution in [0, 0.1) is 16.0 Å². The van der Waals surface area contributed by atoms with Crippen LogP contribution in [0.25, 0.3) is 0 Å². The molecule has 104 valence electrons. The van der Waals surface area contributed by atoms with E-state index in [1.54, 1.807) is 0 Å². The van der Waals surface area contributed by atoms with Crippen LogP contribution in [0.4, 0.5) is 5.69 Å². The van der Waals surface area contributed by atoms with E-state index >= 15 is 0 Å². The Balaban J connectivity index is 0.00000180. The predicted octanol–water partition coefficient (Wildman–Crippen LogP) is 1.62. The molecule has 1 heterocycles. The van der Waals surface area contributed by atoms with E-state index in [0.717, 1.165) is 13.1 Å². The van der Waals surface area contributed by atoms with Gasteiger partial charge in [0.1, 0.15) is 10.6 Å². The van der Waals surface area contributed by atoms with Crippen molar-refractivity contribution < 1.29 is 9.72 Å². The van der Waals surface area contributed by atoms with Crippen LogP contribution in [-0.2, 0) is 0 Å². The van der Waals surface area contributed by atoms with Gasteiger partial charge in [-0.15, -0.1) is 12.4 Å². The van der Waals surface area contributed by atoms with Gasteiger partial charge in [0.15, 0.2) is 0 Å². The Bertz CT molecular complexity index is 492. The molecule has 0 aromatic heterocycles. The summed E-state index contributed by atoms with van der Waals surface area (Å²) >= 11 is 5.74. The number of halogens is 2. The second kappa shape index (κ2) is 6.70. The number of hydrogen-bond acceptors (Lipinski definition) is 4. The molecule has 0 radical (unpaired) electrons. The standard InChI is InChI=1S/C11H12ClN3O3.ClH/c12-9-3-1-2-8(10(9)15(17)18)11(16)14-6-7-4-13-5-7;/h1-3,7,13H,4-6H2,(H,14,16);1H. The van der Waals surface area contributed by atoms with Gasteiger partial charge < -0.3 is 10.6 Å². The molecule has 1 amide bonds. The van der Waals surface area contributed by atoms with Crippen molar-refractivity contribution in [1.29, 1.82) is 0 Å². The van der Waals surface area contributed by atoms with Gasteiger partial charge in [0, 0.05) is 25.6 Å². The number of carbonyl (C=O) groups excluding carboxylic acids is 1. The van der Waals surface area contributed by atoms with Crippen molar-refractivity contribution in [2.75, 3.05) is 19.6 Å². The number of nitro benzene ring substituents is 1. The summed E-state index contributed by atoms with van der Waals surface area (Å²) in [5.74, 6) is -0.0664. The molecular formula is C11H13Cl2N3O3. The molecule has 2 rings (SSSR count). The average molecular weight is 306 g/mol. The average Bonchev–Trinajstić information content (AvgIpc) is 2.25. The summed E-state index contributed by atoms with van der Waals surface area (Å²) in [4.78, 5) is 22.1. The van der Waals surface area contributed by atoms with Gasteiger partial charge >= 0.3 is 5.69 Å². The highest BCUT2D eigenvalue weighted by Gasteiger charge is 2.24. The highest BCUT2D eigenvalue weighted by Crippen LogP contribution is 2.28. The molecule has 0 atom stereocenters. The van der Waals surface area contributed by atoms with Gasteiger partial charge in [-0.3, -0.25) is 14.9 Å². The predicted molar refractivity (Wildman–Crippen MR) is 74.0 cm³/mol. The topological polar surface area (TPSA) is 84.3 Å². The minimum Gasteiger partial charge on any atom is -0.351 e. The van der Waals surface area contributed by atoms with Crippen LogP contribution in [0.1, 0.15) is 10.4 Å². The summed E-state index contributed by atoms with van der Waals surface area (Å²) in [5, 5.41) is 16.6. The van der Waals surface area contributed by atoms with Crippen molar-refractivity contribution in [2.24, 2.45) is 5.92 Å². The molecule has 2 N–H and O–H groups in total. The molecule has 1 fully saturated rings. The van der Waals surface area contributed by atoms with Gasteiger partial charge in [-0.05, 0) is 12.1 Å². The van der Waals surface area contributed by atoms with Crippen molar-refractivity contribution in [1.82, 2.24) is 10.6 Å². The van der Waals surface area contributed by atoms with E-state index in [2.05, 4.69) is 10.6 Å². The van der Waals surface area contributed by atoms with E-state index in [-0.39, 0.29) is 28.7 Å². The summed E-state index contributed by atoms with van der Waals surface area (Å²) < 4.78 is 0. The summed E-state index contributed by atoms with van der Waals surface area (Å²) in [6.45, 7) is 2.23. The fraction of sp³-hybridized carbons (Fsp3) is 0.364. The number of nitrogens with zero attached hydrogens (tertiary/aromatic N) is 1. The van der Waals surface area contributed by atoms with Crippen molar-refractivity contribution in [3.8, 4) is 0 Å². The Morgan fingerprint density at radius 2 is 2.21 bits per heavy atom. The number of rotatable bonds is 4. The van der Waals surface area contributed by atoms with Crippen LogP contribution in [-0.4, -0.2) is 30.5 Å². The Morgan fingerprint density at radius 1 is 1.53 bits per heavy atom. The normalized spacial score (nSPS) is 14.2.